The van der Waals surface area contributed by atoms with E-state index in [4.69, 9.17) is 5.64 Å². The first-order valence-corrected chi connectivity index (χ1v) is 15.4. The van der Waals surface area contributed by atoms with Crippen molar-refractivity contribution >= 4 is 29.8 Å². The van der Waals surface area contributed by atoms with Gasteiger partial charge in [0.05, 0.1) is 0 Å². The number of benzene rings is 3. The Morgan fingerprint density at radius 3 is 0.741 bits per heavy atom. The normalized spacial score (nSPS) is 10.9. The van der Waals surface area contributed by atoms with Gasteiger partial charge in [-0.3, -0.25) is 0 Å². The molecule has 0 unspecified atom stereocenters. The van der Waals surface area contributed by atoms with Gasteiger partial charge < -0.3 is 30.1 Å². The fraction of sp³-hybridized carbons (Fsp3) is 0.129. The van der Waals surface area contributed by atoms with Gasteiger partial charge in [-0.25, -0.2) is 81.2 Å². The molecule has 0 bridgehead atoms. The second-order valence-electron chi connectivity index (χ2n) is 11.3. The zero-order valence-corrected chi connectivity index (χ0v) is 31.4. The average Bonchev–Trinajstić information content (AvgIpc) is 4.01. The van der Waals surface area contributed by atoms with Crippen LogP contribution in [-0.4, -0.2) is 70.7 Å². The second kappa shape index (κ2) is 20.6. The summed E-state index contributed by atoms with van der Waals surface area (Å²) in [4.78, 5) is 0. The predicted molar refractivity (Wildman–Crippen MR) is 178 cm³/mol. The summed E-state index contributed by atoms with van der Waals surface area (Å²) in [6.07, 6.45) is 5.12. The first-order valence-electron chi connectivity index (χ1n) is 15.4. The van der Waals surface area contributed by atoms with E-state index in [1.165, 1.54) is 0 Å². The molecule has 2 N–H and O–H groups in total. The third-order valence-electron chi connectivity index (χ3n) is 7.64. The summed E-state index contributed by atoms with van der Waals surface area (Å²) >= 11 is 0. The summed E-state index contributed by atoms with van der Waals surface area (Å²) < 4.78 is 216. The zero-order chi connectivity index (χ0) is 43.1. The molecule has 27 heteroatoms. The van der Waals surface area contributed by atoms with Gasteiger partial charge in [0.2, 0.25) is 0 Å². The third kappa shape index (κ3) is 9.14. The van der Waals surface area contributed by atoms with Crippen LogP contribution in [0, 0.1) is 87.3 Å². The van der Waals surface area contributed by atoms with Gasteiger partial charge in [0.1, 0.15) is 34.9 Å². The molecule has 0 radical (unpaired) electrons. The first-order chi connectivity index (χ1) is 26.8. The summed E-state index contributed by atoms with van der Waals surface area (Å²) in [5, 5.41) is 19.8. The fourth-order valence-electron chi connectivity index (χ4n) is 5.35. The Bertz CT molecular complexity index is 1960. The van der Waals surface area contributed by atoms with Crippen LogP contribution in [0.3, 0.4) is 0 Å². The second-order valence-corrected chi connectivity index (χ2v) is 11.3. The maximum Gasteiger partial charge on any atom is 4.00 e. The van der Waals surface area contributed by atoms with E-state index in [1.54, 1.807) is 46.8 Å². The van der Waals surface area contributed by atoms with Crippen LogP contribution in [0.15, 0.2) is 55.4 Å². The van der Waals surface area contributed by atoms with E-state index in [0.29, 0.717) is 0 Å². The Balaban J connectivity index is 0.000000415. The summed E-state index contributed by atoms with van der Waals surface area (Å²) in [5.41, 5.74) is -3.28. The van der Waals surface area contributed by atoms with Gasteiger partial charge in [-0.05, 0) is 36.8 Å². The Hall–Kier alpha value is -5.04. The predicted octanol–water partition coefficient (Wildman–Crippen LogP) is 4.87. The quantitative estimate of drug-likeness (QED) is 0.112. The van der Waals surface area contributed by atoms with Gasteiger partial charge in [-0.2, -0.15) is 28.2 Å². The molecule has 9 nitrogen and oxygen atoms in total. The summed E-state index contributed by atoms with van der Waals surface area (Å²) in [6.45, 7) is 0. The monoisotopic (exact) mass is 877 g/mol. The number of nitrogens with zero attached hydrogens (tertiary/aromatic N) is 8. The molecule has 6 aromatic rings. The largest absolute Gasteiger partial charge is 4.00 e. The number of hydrogen-bond acceptors (Lipinski definition) is 4. The van der Waals surface area contributed by atoms with Gasteiger partial charge >= 0.3 is 28.8 Å². The number of rotatable bonds is 6. The van der Waals surface area contributed by atoms with Gasteiger partial charge in [-0.15, -0.1) is 16.4 Å². The van der Waals surface area contributed by atoms with Crippen molar-refractivity contribution in [1.82, 2.24) is 29.1 Å². The van der Waals surface area contributed by atoms with Gasteiger partial charge in [0.25, 0.3) is 0 Å². The van der Waals surface area contributed by atoms with Gasteiger partial charge in [0, 0.05) is 18.6 Å². The fourth-order valence-corrected chi connectivity index (χ4v) is 5.35. The number of halogens is 15. The van der Waals surface area contributed by atoms with Crippen LogP contribution in [-0.2, 0) is 21.7 Å². The van der Waals surface area contributed by atoms with E-state index >= 15 is 0 Å². The van der Waals surface area contributed by atoms with Crippen molar-refractivity contribution in [2.24, 2.45) is 5.64 Å². The minimum absolute atomic E-state index is 0. The van der Waals surface area contributed by atoms with Crippen molar-refractivity contribution in [2.45, 2.75) is 0 Å². The molecule has 308 valence electrons. The van der Waals surface area contributed by atoms with Crippen LogP contribution in [0.2, 0.25) is 0 Å². The molecule has 0 aliphatic rings. The average molecular weight is 877 g/mol. The van der Waals surface area contributed by atoms with Crippen LogP contribution in [0.5, 0.6) is 0 Å². The summed E-state index contributed by atoms with van der Waals surface area (Å²) in [7, 11) is 5.88. The molecule has 0 amide bonds. The van der Waals surface area contributed by atoms with E-state index in [1.807, 2.05) is 50.6 Å². The third-order valence-corrected chi connectivity index (χ3v) is 7.64. The molecule has 0 aliphatic heterocycles. The summed E-state index contributed by atoms with van der Waals surface area (Å²) in [6, 6.07) is 5.69. The van der Waals surface area contributed by atoms with E-state index in [9.17, 15) is 65.9 Å². The van der Waals surface area contributed by atoms with Crippen LogP contribution < -0.4 is 22.0 Å². The molecule has 0 aliphatic carbocycles. The van der Waals surface area contributed by atoms with Crippen molar-refractivity contribution < 1.29 is 87.6 Å². The number of aromatic nitrogens is 6. The Labute approximate surface area is 333 Å². The molecule has 6 rings (SSSR count). The Morgan fingerprint density at radius 2 is 0.586 bits per heavy atom. The van der Waals surface area contributed by atoms with Gasteiger partial charge in [-0.1, -0.05) is 0 Å². The van der Waals surface area contributed by atoms with Crippen LogP contribution >= 0.6 is 0 Å². The number of nitrogens with two attached hydrogens (primary N) is 1. The Morgan fingerprint density at radius 1 is 0.414 bits per heavy atom. The number of hydrogen-bond donors (Lipinski definition) is 1. The molecule has 0 saturated carbocycles. The SMILES string of the molecule is C[N-]C.C[N-]C.N[B-](c1c(F)c(F)c(F)c(F)c1F)(c1c(F)c(F)c(F)c(F)c1F)c1c(F)c(F)c(F)c(F)c1F.[Ti+4].c1cnn([BH-](n2cccn2)n2cccn2)c1. The molecule has 0 atom stereocenters. The smallest absolute Gasteiger partial charge is 0.668 e. The Kier molecular flexibility index (Phi) is 17.4. The van der Waals surface area contributed by atoms with Crippen molar-refractivity contribution in [2.75, 3.05) is 28.2 Å². The molecular weight excluding hydrogens is 853 g/mol. The molecular formula is C31H24B2F15N9Ti. The van der Waals surface area contributed by atoms with E-state index < -0.39 is 117 Å². The minimum atomic E-state index is -5.91. The van der Waals surface area contributed by atoms with Crippen molar-refractivity contribution in [3.63, 3.8) is 0 Å². The van der Waals surface area contributed by atoms with Gasteiger partial charge in [0.15, 0.2) is 58.6 Å². The minimum Gasteiger partial charge on any atom is -0.668 e. The first kappa shape index (κ1) is 49.1. The van der Waals surface area contributed by atoms with Crippen LogP contribution in [0.25, 0.3) is 10.6 Å². The molecule has 58 heavy (non-hydrogen) atoms. The van der Waals surface area contributed by atoms with Crippen molar-refractivity contribution in [3.05, 3.63) is 153 Å². The van der Waals surface area contributed by atoms with Crippen LogP contribution in [0.1, 0.15) is 0 Å². The van der Waals surface area contributed by atoms with E-state index in [0.717, 1.165) is 0 Å². The standard InChI is InChI=1S/C18H2BF15N.C9H10BN6.2C2H6N.Ti/c20-4-1(5(21)11(27)16(32)10(4)26)19(35,2-6(22)12(28)17(33)13(29)7(2)23)3-8(24)14(30)18(34)15(31)9(3)25;1-4-11-14(7-1)10(15-8-2-5-12-15)16-9-3-6-13-16;2*1-3-2;/h35H2;1-10H;2*1-2H3;/q4*-1;+4. The molecule has 3 aromatic heterocycles. The van der Waals surface area contributed by atoms with E-state index in [-0.39, 0.29) is 21.7 Å². The molecule has 3 aromatic carbocycles. The van der Waals surface area contributed by atoms with Crippen molar-refractivity contribution in [3.8, 4) is 0 Å². The zero-order valence-electron chi connectivity index (χ0n) is 29.8. The summed E-state index contributed by atoms with van der Waals surface area (Å²) in [5.74, 6) is -46.5. The molecule has 3 heterocycles. The molecule has 0 saturated heterocycles. The van der Waals surface area contributed by atoms with Crippen LogP contribution in [0.4, 0.5) is 65.9 Å². The molecule has 0 fully saturated rings. The van der Waals surface area contributed by atoms with Crippen molar-refractivity contribution in [1.29, 1.82) is 0 Å². The maximum atomic E-state index is 14.6. The topological polar surface area (TPSA) is 108 Å². The molecule has 0 spiro atoms. The van der Waals surface area contributed by atoms with E-state index in [2.05, 4.69) is 25.9 Å². The maximum absolute atomic E-state index is 14.6.